The molecule has 0 radical (unpaired) electrons. The Morgan fingerprint density at radius 1 is 1.04 bits per heavy atom. The third kappa shape index (κ3) is 3.35. The predicted octanol–water partition coefficient (Wildman–Crippen LogP) is 4.28. The summed E-state index contributed by atoms with van der Waals surface area (Å²) in [6.07, 6.45) is 3.14. The highest BCUT2D eigenvalue weighted by Gasteiger charge is 2.23. The maximum absolute atomic E-state index is 13.1. The second-order valence-corrected chi connectivity index (χ2v) is 5.90. The zero-order valence-electron chi connectivity index (χ0n) is 13.6. The molecule has 0 saturated carbocycles. The van der Waals surface area contributed by atoms with Gasteiger partial charge >= 0.3 is 0 Å². The van der Waals surface area contributed by atoms with Gasteiger partial charge in [-0.25, -0.2) is 0 Å². The third-order valence-electron chi connectivity index (χ3n) is 4.14. The molecule has 0 aliphatic heterocycles. The molecular weight excluding hydrogens is 298 g/mol. The lowest BCUT2D eigenvalue weighted by Gasteiger charge is -2.20. The molecule has 0 N–H and O–H groups in total. The molecule has 1 unspecified atom stereocenters. The van der Waals surface area contributed by atoms with Crippen molar-refractivity contribution in [1.82, 2.24) is 4.57 Å². The van der Waals surface area contributed by atoms with E-state index >= 15 is 0 Å². The average molecular weight is 317 g/mol. The molecule has 0 aliphatic rings. The van der Waals surface area contributed by atoms with Crippen LogP contribution in [-0.2, 0) is 6.42 Å². The molecule has 3 rings (SSSR count). The summed E-state index contributed by atoms with van der Waals surface area (Å²) in [7, 11) is 0. The molecule has 3 nitrogen and oxygen atoms in total. The molecule has 2 aromatic carbocycles. The van der Waals surface area contributed by atoms with Gasteiger partial charge in [0.05, 0.1) is 5.69 Å². The number of hydrogen-bond acceptors (Lipinski definition) is 2. The van der Waals surface area contributed by atoms with Gasteiger partial charge in [-0.3, -0.25) is 9.59 Å². The first-order chi connectivity index (χ1) is 11.7. The molecule has 3 aromatic rings. The average Bonchev–Trinajstić information content (AvgIpc) is 3.08. The van der Waals surface area contributed by atoms with E-state index in [1.807, 2.05) is 55.5 Å². The van der Waals surface area contributed by atoms with Gasteiger partial charge in [0.1, 0.15) is 6.04 Å². The molecule has 1 heterocycles. The summed E-state index contributed by atoms with van der Waals surface area (Å²) in [5.74, 6) is 0.0106. The Hall–Kier alpha value is -2.94. The van der Waals surface area contributed by atoms with Crippen LogP contribution in [0.5, 0.6) is 0 Å². The summed E-state index contributed by atoms with van der Waals surface area (Å²) in [5, 5.41) is 0. The highest BCUT2D eigenvalue weighted by molar-refractivity contribution is 5.99. The van der Waals surface area contributed by atoms with E-state index in [2.05, 4.69) is 6.07 Å². The van der Waals surface area contributed by atoms with Crippen LogP contribution in [0.25, 0.3) is 0 Å². The SMILES string of the molecule is Cc1cccc(CC(C(=O)c2ccccc2)n2cccc2C=O)c1. The van der Waals surface area contributed by atoms with Gasteiger partial charge in [-0.15, -0.1) is 0 Å². The van der Waals surface area contributed by atoms with Gasteiger partial charge in [-0.2, -0.15) is 0 Å². The topological polar surface area (TPSA) is 39.1 Å². The molecule has 1 aromatic heterocycles. The monoisotopic (exact) mass is 317 g/mol. The van der Waals surface area contributed by atoms with Crippen molar-refractivity contribution in [3.63, 3.8) is 0 Å². The summed E-state index contributed by atoms with van der Waals surface area (Å²) in [6.45, 7) is 2.03. The summed E-state index contributed by atoms with van der Waals surface area (Å²) in [5.41, 5.74) is 3.40. The van der Waals surface area contributed by atoms with Gasteiger partial charge in [0.25, 0.3) is 0 Å². The number of carbonyl (C=O) groups excluding carboxylic acids is 2. The predicted molar refractivity (Wildman–Crippen MR) is 94.5 cm³/mol. The Labute approximate surface area is 141 Å². The van der Waals surface area contributed by atoms with Gasteiger partial charge in [0.2, 0.25) is 0 Å². The molecule has 0 saturated heterocycles. The largest absolute Gasteiger partial charge is 0.334 e. The third-order valence-corrected chi connectivity index (χ3v) is 4.14. The molecule has 1 atom stereocenters. The van der Waals surface area contributed by atoms with Crippen LogP contribution in [0.1, 0.15) is 38.0 Å². The first-order valence-electron chi connectivity index (χ1n) is 7.96. The minimum Gasteiger partial charge on any atom is -0.334 e. The lowest BCUT2D eigenvalue weighted by molar-refractivity contribution is 0.0922. The Balaban J connectivity index is 2.01. The van der Waals surface area contributed by atoms with E-state index in [4.69, 9.17) is 0 Å². The first kappa shape index (κ1) is 15.9. The van der Waals surface area contributed by atoms with Crippen molar-refractivity contribution >= 4 is 12.1 Å². The molecule has 24 heavy (non-hydrogen) atoms. The standard InChI is InChI=1S/C21H19NO2/c1-16-7-5-8-17(13-16)14-20(22-12-6-11-19(22)15-23)21(24)18-9-3-2-4-10-18/h2-13,15,20H,14H2,1H3. The maximum Gasteiger partial charge on any atom is 0.185 e. The molecule has 0 bridgehead atoms. The minimum absolute atomic E-state index is 0.0106. The van der Waals surface area contributed by atoms with Gasteiger partial charge in [0, 0.05) is 18.2 Å². The number of ketones is 1. The van der Waals surface area contributed by atoms with Crippen molar-refractivity contribution in [3.05, 3.63) is 95.3 Å². The van der Waals surface area contributed by atoms with Gasteiger partial charge in [-0.05, 0) is 24.6 Å². The molecule has 0 amide bonds. The van der Waals surface area contributed by atoms with Crippen molar-refractivity contribution < 1.29 is 9.59 Å². The number of hydrogen-bond donors (Lipinski definition) is 0. The van der Waals surface area contributed by atoms with Gasteiger partial charge in [0.15, 0.2) is 12.1 Å². The number of benzene rings is 2. The van der Waals surface area contributed by atoms with Crippen molar-refractivity contribution in [3.8, 4) is 0 Å². The Morgan fingerprint density at radius 2 is 1.83 bits per heavy atom. The zero-order chi connectivity index (χ0) is 16.9. The molecule has 3 heteroatoms. The van der Waals surface area contributed by atoms with Crippen LogP contribution in [0.15, 0.2) is 72.9 Å². The first-order valence-corrected chi connectivity index (χ1v) is 7.96. The van der Waals surface area contributed by atoms with E-state index in [9.17, 15) is 9.59 Å². The van der Waals surface area contributed by atoms with Crippen LogP contribution >= 0.6 is 0 Å². The minimum atomic E-state index is -0.440. The normalized spacial score (nSPS) is 11.9. The number of nitrogens with zero attached hydrogens (tertiary/aromatic N) is 1. The van der Waals surface area contributed by atoms with Gasteiger partial charge in [-0.1, -0.05) is 60.2 Å². The fourth-order valence-electron chi connectivity index (χ4n) is 2.97. The number of rotatable bonds is 6. The number of aryl methyl sites for hydroxylation is 1. The van der Waals surface area contributed by atoms with E-state index in [1.54, 1.807) is 22.9 Å². The Bertz CT molecular complexity index is 849. The van der Waals surface area contributed by atoms with Crippen LogP contribution < -0.4 is 0 Å². The molecule has 0 spiro atoms. The van der Waals surface area contributed by atoms with Crippen LogP contribution in [-0.4, -0.2) is 16.6 Å². The molecule has 0 aliphatic carbocycles. The second kappa shape index (κ2) is 7.09. The van der Waals surface area contributed by atoms with Gasteiger partial charge < -0.3 is 4.57 Å². The summed E-state index contributed by atoms with van der Waals surface area (Å²) in [4.78, 5) is 24.4. The molecule has 120 valence electrons. The van der Waals surface area contributed by atoms with Crippen molar-refractivity contribution in [2.75, 3.05) is 0 Å². The molecule has 0 fully saturated rings. The maximum atomic E-state index is 13.1. The number of carbonyl (C=O) groups is 2. The highest BCUT2D eigenvalue weighted by Crippen LogP contribution is 2.22. The second-order valence-electron chi connectivity index (χ2n) is 5.90. The van der Waals surface area contributed by atoms with Crippen molar-refractivity contribution in [2.24, 2.45) is 0 Å². The summed E-state index contributed by atoms with van der Waals surface area (Å²) < 4.78 is 1.77. The lowest BCUT2D eigenvalue weighted by atomic mass is 9.96. The summed E-state index contributed by atoms with van der Waals surface area (Å²) in [6, 6.07) is 20.4. The fourth-order valence-corrected chi connectivity index (χ4v) is 2.97. The lowest BCUT2D eigenvalue weighted by Crippen LogP contribution is -2.23. The number of aldehydes is 1. The Morgan fingerprint density at radius 3 is 2.54 bits per heavy atom. The fraction of sp³-hybridized carbons (Fsp3) is 0.143. The number of aromatic nitrogens is 1. The molecular formula is C21H19NO2. The van der Waals surface area contributed by atoms with Crippen molar-refractivity contribution in [2.45, 2.75) is 19.4 Å². The van der Waals surface area contributed by atoms with E-state index in [0.29, 0.717) is 17.7 Å². The van der Waals surface area contributed by atoms with E-state index in [-0.39, 0.29) is 5.78 Å². The van der Waals surface area contributed by atoms with E-state index in [0.717, 1.165) is 17.4 Å². The van der Waals surface area contributed by atoms with E-state index in [1.165, 1.54) is 0 Å². The zero-order valence-corrected chi connectivity index (χ0v) is 13.6. The number of Topliss-reactive ketones (excluding diaryl/α,β-unsaturated/α-hetero) is 1. The smallest absolute Gasteiger partial charge is 0.185 e. The van der Waals surface area contributed by atoms with Crippen LogP contribution in [0.3, 0.4) is 0 Å². The van der Waals surface area contributed by atoms with E-state index < -0.39 is 6.04 Å². The van der Waals surface area contributed by atoms with Crippen LogP contribution in [0, 0.1) is 6.92 Å². The Kier molecular flexibility index (Phi) is 4.71. The van der Waals surface area contributed by atoms with Crippen LogP contribution in [0.2, 0.25) is 0 Å². The quantitative estimate of drug-likeness (QED) is 0.503. The van der Waals surface area contributed by atoms with Crippen LogP contribution in [0.4, 0.5) is 0 Å². The van der Waals surface area contributed by atoms with Crippen molar-refractivity contribution in [1.29, 1.82) is 0 Å². The highest BCUT2D eigenvalue weighted by atomic mass is 16.1. The summed E-state index contributed by atoms with van der Waals surface area (Å²) >= 11 is 0.